The first-order chi connectivity index (χ1) is 18.5. The van der Waals surface area contributed by atoms with Crippen molar-refractivity contribution in [2.24, 2.45) is 17.8 Å². The van der Waals surface area contributed by atoms with Gasteiger partial charge in [0.2, 0.25) is 0 Å². The summed E-state index contributed by atoms with van der Waals surface area (Å²) in [5, 5.41) is 1.22. The van der Waals surface area contributed by atoms with Crippen molar-refractivity contribution in [1.82, 2.24) is 0 Å². The summed E-state index contributed by atoms with van der Waals surface area (Å²) in [6.07, 6.45) is 0.135. The van der Waals surface area contributed by atoms with Crippen LogP contribution in [0.1, 0.15) is 61.5 Å². The monoisotopic (exact) mass is 554 g/mol. The maximum absolute atomic E-state index is 13.9. The third-order valence-corrected chi connectivity index (χ3v) is 10.9. The van der Waals surface area contributed by atoms with E-state index in [0.29, 0.717) is 24.8 Å². The van der Waals surface area contributed by atoms with E-state index < -0.39 is 62.9 Å². The lowest BCUT2D eigenvalue weighted by atomic mass is 9.82. The number of carbonyl (C=O) groups excluding carboxylic acids is 2. The van der Waals surface area contributed by atoms with Gasteiger partial charge in [0.05, 0.1) is 24.6 Å². The lowest BCUT2D eigenvalue weighted by Crippen LogP contribution is -2.87. The molecule has 2 aliphatic carbocycles. The van der Waals surface area contributed by atoms with Crippen LogP contribution in [0.2, 0.25) is 0 Å². The molecule has 2 aliphatic heterocycles. The smallest absolute Gasteiger partial charge is 0.338 e. The molecular formula is C30H36NO7S+. The molecule has 6 atom stereocenters. The number of hydrogen-bond acceptors (Lipinski definition) is 7. The van der Waals surface area contributed by atoms with E-state index in [1.807, 2.05) is 42.5 Å². The summed E-state index contributed by atoms with van der Waals surface area (Å²) in [4.78, 5) is 27.1. The molecule has 2 aromatic rings. The number of esters is 2. The van der Waals surface area contributed by atoms with Gasteiger partial charge in [-0.2, -0.15) is 8.42 Å². The van der Waals surface area contributed by atoms with Crippen LogP contribution < -0.4 is 5.32 Å². The van der Waals surface area contributed by atoms with Crippen molar-refractivity contribution in [1.29, 1.82) is 0 Å². The minimum absolute atomic E-state index is 0.0604. The van der Waals surface area contributed by atoms with Crippen LogP contribution in [-0.2, 0) is 39.6 Å². The van der Waals surface area contributed by atoms with E-state index in [4.69, 9.17) is 13.7 Å². The minimum Gasteiger partial charge on any atom is -0.456 e. The number of hydrogen-bond donors (Lipinski definition) is 1. The molecule has 8 nitrogen and oxygen atoms in total. The number of fused-ring (bicyclic) bond motifs is 1. The molecule has 9 heteroatoms. The first-order valence-electron chi connectivity index (χ1n) is 13.8. The number of benzene rings is 2. The van der Waals surface area contributed by atoms with Gasteiger partial charge in [0.1, 0.15) is 23.1 Å². The number of nitrogens with two attached hydrogens (primary N) is 1. The van der Waals surface area contributed by atoms with Crippen LogP contribution in [0.15, 0.2) is 54.6 Å². The Bertz CT molecular complexity index is 1360. The Morgan fingerprint density at radius 2 is 1.64 bits per heavy atom. The molecule has 6 rings (SSSR count). The molecular weight excluding hydrogens is 518 g/mol. The van der Waals surface area contributed by atoms with Gasteiger partial charge in [-0.1, -0.05) is 63.2 Å². The highest BCUT2D eigenvalue weighted by Gasteiger charge is 2.72. The summed E-state index contributed by atoms with van der Waals surface area (Å²) in [6, 6.07) is 16.9. The van der Waals surface area contributed by atoms with Gasteiger partial charge in [-0.15, -0.1) is 0 Å². The molecule has 0 spiro atoms. The van der Waals surface area contributed by atoms with Crippen molar-refractivity contribution in [2.45, 2.75) is 68.5 Å². The van der Waals surface area contributed by atoms with Gasteiger partial charge < -0.3 is 14.8 Å². The molecule has 2 saturated heterocycles. The average molecular weight is 555 g/mol. The maximum Gasteiger partial charge on any atom is 0.338 e. The fourth-order valence-electron chi connectivity index (χ4n) is 7.14. The summed E-state index contributed by atoms with van der Waals surface area (Å²) in [6.45, 7) is 7.89. The summed E-state index contributed by atoms with van der Waals surface area (Å²) < 4.78 is 43.9. The van der Waals surface area contributed by atoms with E-state index >= 15 is 0 Å². The summed E-state index contributed by atoms with van der Waals surface area (Å²) in [5.74, 6) is -2.90. The number of rotatable bonds is 5. The molecule has 4 fully saturated rings. The molecule has 2 N–H and O–H groups in total. The SMILES string of the molecule is CC(C)(C)c1ccc(C(=O)OC2C3CC4C2OS(=O)(=O)C4C3C(=O)OC2(c3ccccc3)CC[NH2+]CC2)cc1. The third kappa shape index (κ3) is 4.48. The molecule has 0 radical (unpaired) electrons. The Labute approximate surface area is 229 Å². The molecule has 2 heterocycles. The van der Waals surface area contributed by atoms with E-state index in [-0.39, 0.29) is 5.41 Å². The highest BCUT2D eigenvalue weighted by atomic mass is 32.2. The molecule has 2 bridgehead atoms. The zero-order valence-electron chi connectivity index (χ0n) is 22.5. The number of quaternary nitrogens is 1. The molecule has 39 heavy (non-hydrogen) atoms. The molecule has 4 aliphatic rings. The maximum atomic E-state index is 13.9. The Balaban J connectivity index is 1.26. The van der Waals surface area contributed by atoms with Crippen molar-refractivity contribution in [3.63, 3.8) is 0 Å². The number of carbonyl (C=O) groups is 2. The summed E-state index contributed by atoms with van der Waals surface area (Å²) >= 11 is 0. The van der Waals surface area contributed by atoms with Crippen molar-refractivity contribution in [3.05, 3.63) is 71.3 Å². The van der Waals surface area contributed by atoms with Crippen LogP contribution in [0, 0.1) is 17.8 Å². The molecule has 6 unspecified atom stereocenters. The van der Waals surface area contributed by atoms with Gasteiger partial charge in [0.15, 0.2) is 0 Å². The second-order valence-corrected chi connectivity index (χ2v) is 14.2. The van der Waals surface area contributed by atoms with Gasteiger partial charge in [-0.25, -0.2) is 4.79 Å². The fourth-order valence-corrected chi connectivity index (χ4v) is 9.20. The third-order valence-electron chi connectivity index (χ3n) is 9.13. The predicted molar refractivity (Wildman–Crippen MR) is 142 cm³/mol. The zero-order chi connectivity index (χ0) is 27.6. The van der Waals surface area contributed by atoms with E-state index in [1.54, 1.807) is 12.1 Å². The van der Waals surface area contributed by atoms with Gasteiger partial charge in [0, 0.05) is 24.7 Å². The Hall–Kier alpha value is -2.75. The van der Waals surface area contributed by atoms with Crippen molar-refractivity contribution in [2.75, 3.05) is 13.1 Å². The van der Waals surface area contributed by atoms with Gasteiger partial charge in [0.25, 0.3) is 10.1 Å². The van der Waals surface area contributed by atoms with Gasteiger partial charge >= 0.3 is 11.9 Å². The van der Waals surface area contributed by atoms with Crippen LogP contribution in [0.3, 0.4) is 0 Å². The molecule has 0 aromatic heterocycles. The second kappa shape index (κ2) is 9.42. The molecule has 2 aromatic carbocycles. The van der Waals surface area contributed by atoms with Crippen molar-refractivity contribution >= 4 is 22.1 Å². The fraction of sp³-hybridized carbons (Fsp3) is 0.533. The zero-order valence-corrected chi connectivity index (χ0v) is 23.4. The van der Waals surface area contributed by atoms with E-state index in [0.717, 1.165) is 24.2 Å². The largest absolute Gasteiger partial charge is 0.456 e. The highest BCUT2D eigenvalue weighted by molar-refractivity contribution is 7.87. The van der Waals surface area contributed by atoms with Crippen LogP contribution in [0.5, 0.6) is 0 Å². The second-order valence-electron chi connectivity index (χ2n) is 12.5. The van der Waals surface area contributed by atoms with Crippen LogP contribution in [0.25, 0.3) is 0 Å². The van der Waals surface area contributed by atoms with Crippen LogP contribution in [-0.4, -0.2) is 50.9 Å². The van der Waals surface area contributed by atoms with Crippen LogP contribution in [0.4, 0.5) is 0 Å². The van der Waals surface area contributed by atoms with E-state index in [1.165, 1.54) is 0 Å². The molecule has 0 amide bonds. The Kier molecular flexibility index (Phi) is 6.39. The number of piperidine rings is 1. The van der Waals surface area contributed by atoms with Crippen molar-refractivity contribution < 1.29 is 37.0 Å². The Morgan fingerprint density at radius 3 is 2.28 bits per heavy atom. The molecule has 208 valence electrons. The lowest BCUT2D eigenvalue weighted by molar-refractivity contribution is -0.668. The van der Waals surface area contributed by atoms with Crippen molar-refractivity contribution in [3.8, 4) is 0 Å². The highest BCUT2D eigenvalue weighted by Crippen LogP contribution is 2.59. The normalized spacial score (nSPS) is 32.1. The minimum atomic E-state index is -4.00. The predicted octanol–water partition coefficient (Wildman–Crippen LogP) is 2.67. The first kappa shape index (κ1) is 26.5. The average Bonchev–Trinajstić information content (AvgIpc) is 3.52. The number of ether oxygens (including phenoxy) is 2. The van der Waals surface area contributed by atoms with E-state index in [9.17, 15) is 18.0 Å². The van der Waals surface area contributed by atoms with Gasteiger partial charge in [-0.3, -0.25) is 8.98 Å². The van der Waals surface area contributed by atoms with Gasteiger partial charge in [-0.05, 0) is 35.1 Å². The van der Waals surface area contributed by atoms with Crippen LogP contribution >= 0.6 is 0 Å². The lowest BCUT2D eigenvalue weighted by Gasteiger charge is -2.38. The first-order valence-corrected chi connectivity index (χ1v) is 15.3. The molecule has 2 saturated carbocycles. The topological polar surface area (TPSA) is 113 Å². The Morgan fingerprint density at radius 1 is 0.974 bits per heavy atom. The summed E-state index contributed by atoms with van der Waals surface area (Å²) in [7, 11) is -4.00. The quantitative estimate of drug-likeness (QED) is 0.447. The summed E-state index contributed by atoms with van der Waals surface area (Å²) in [5.41, 5.74) is 1.51. The van der Waals surface area contributed by atoms with E-state index in [2.05, 4.69) is 26.1 Å². The standard InChI is InChI=1S/C30H35NO7S/c1-29(2,3)19-11-9-18(10-12-19)27(32)36-24-21-17-22-25(24)38-39(34,35)26(22)23(21)28(33)37-30(13-15-31-16-14-30)20-7-5-4-6-8-20/h4-12,21-26,31H,13-17H2,1-3H3/p+1.